The third-order valence-electron chi connectivity index (χ3n) is 4.90. The first-order chi connectivity index (χ1) is 17.3. The lowest BCUT2D eigenvalue weighted by Gasteiger charge is -2.28. The van der Waals surface area contributed by atoms with E-state index in [1.165, 1.54) is 37.9 Å². The summed E-state index contributed by atoms with van der Waals surface area (Å²) in [6.07, 6.45) is 0.850. The second-order valence-electron chi connectivity index (χ2n) is 7.46. The van der Waals surface area contributed by atoms with E-state index in [1.807, 2.05) is 0 Å². The number of morpholine rings is 1. The molecule has 0 bridgehead atoms. The molecule has 2 N–H and O–H groups in total. The van der Waals surface area contributed by atoms with Crippen molar-refractivity contribution in [1.82, 2.24) is 15.3 Å². The molecular formula is C24H25F4N7O. The van der Waals surface area contributed by atoms with Gasteiger partial charge >= 0.3 is 6.18 Å². The summed E-state index contributed by atoms with van der Waals surface area (Å²) in [7, 11) is 1.47. The second-order valence-corrected chi connectivity index (χ2v) is 7.46. The fourth-order valence-corrected chi connectivity index (χ4v) is 3.15. The maximum atomic E-state index is 14.3. The van der Waals surface area contributed by atoms with Crippen molar-refractivity contribution in [2.75, 3.05) is 38.7 Å². The number of aliphatic imine (C=N–C) groups is 2. The summed E-state index contributed by atoms with van der Waals surface area (Å²) >= 11 is 0. The average molecular weight is 504 g/mol. The number of pyridine rings is 1. The van der Waals surface area contributed by atoms with Crippen LogP contribution in [-0.2, 0) is 10.9 Å². The molecular weight excluding hydrogens is 478 g/mol. The molecule has 1 saturated heterocycles. The number of ether oxygens (including phenoxy) is 1. The highest BCUT2D eigenvalue weighted by molar-refractivity contribution is 5.80. The maximum absolute atomic E-state index is 14.3. The van der Waals surface area contributed by atoms with Crippen molar-refractivity contribution in [2.24, 2.45) is 15.1 Å². The third-order valence-corrected chi connectivity index (χ3v) is 4.90. The topological polar surface area (TPSA) is 86.5 Å². The zero-order valence-corrected chi connectivity index (χ0v) is 19.5. The van der Waals surface area contributed by atoms with Crippen LogP contribution in [0, 0.1) is 0 Å². The molecule has 1 aromatic heterocycles. The van der Waals surface area contributed by atoms with Gasteiger partial charge in [-0.05, 0) is 30.3 Å². The van der Waals surface area contributed by atoms with Crippen molar-refractivity contribution in [3.8, 4) is 0 Å². The number of benzene rings is 1. The SMILES string of the molecule is C=C(Nc1cccc(C(F)(F)F)c1)c1ccc(/C=N/N/C=N/C(=C(/F)C=NC)N2CCOCC2)nc1. The predicted molar refractivity (Wildman–Crippen MR) is 133 cm³/mol. The van der Waals surface area contributed by atoms with E-state index in [4.69, 9.17) is 4.74 Å². The number of rotatable bonds is 9. The van der Waals surface area contributed by atoms with Gasteiger partial charge in [0.05, 0.1) is 36.9 Å². The highest BCUT2D eigenvalue weighted by Gasteiger charge is 2.30. The van der Waals surface area contributed by atoms with Crippen LogP contribution in [-0.4, -0.2) is 62.0 Å². The van der Waals surface area contributed by atoms with Gasteiger partial charge in [-0.25, -0.2) is 9.38 Å². The predicted octanol–water partition coefficient (Wildman–Crippen LogP) is 4.31. The molecule has 1 aliphatic rings. The molecule has 0 radical (unpaired) electrons. The fourth-order valence-electron chi connectivity index (χ4n) is 3.15. The van der Waals surface area contributed by atoms with Crippen LogP contribution < -0.4 is 10.7 Å². The van der Waals surface area contributed by atoms with E-state index in [9.17, 15) is 17.6 Å². The Balaban J connectivity index is 1.58. The molecule has 0 atom stereocenters. The van der Waals surface area contributed by atoms with E-state index < -0.39 is 17.6 Å². The Morgan fingerprint density at radius 2 is 1.97 bits per heavy atom. The quantitative estimate of drug-likeness (QED) is 0.231. The first-order valence-electron chi connectivity index (χ1n) is 10.8. The zero-order chi connectivity index (χ0) is 26.0. The molecule has 3 rings (SSSR count). The van der Waals surface area contributed by atoms with Crippen LogP contribution in [0.15, 0.2) is 75.9 Å². The first-order valence-corrected chi connectivity index (χ1v) is 10.8. The van der Waals surface area contributed by atoms with Gasteiger partial charge in [-0.3, -0.25) is 15.4 Å². The number of aromatic nitrogens is 1. The van der Waals surface area contributed by atoms with E-state index >= 15 is 0 Å². The van der Waals surface area contributed by atoms with Crippen molar-refractivity contribution in [1.29, 1.82) is 0 Å². The fraction of sp³-hybridized carbons (Fsp3) is 0.250. The number of anilines is 1. The molecule has 2 aromatic rings. The summed E-state index contributed by atoms with van der Waals surface area (Å²) in [6, 6.07) is 8.20. The van der Waals surface area contributed by atoms with E-state index in [0.29, 0.717) is 43.3 Å². The normalized spacial score (nSPS) is 15.5. The van der Waals surface area contributed by atoms with Crippen LogP contribution in [0.5, 0.6) is 0 Å². The van der Waals surface area contributed by atoms with Gasteiger partial charge in [0.25, 0.3) is 0 Å². The summed E-state index contributed by atoms with van der Waals surface area (Å²) < 4.78 is 58.3. The Morgan fingerprint density at radius 1 is 1.19 bits per heavy atom. The molecule has 0 spiro atoms. The third kappa shape index (κ3) is 7.73. The van der Waals surface area contributed by atoms with Crippen LogP contribution >= 0.6 is 0 Å². The van der Waals surface area contributed by atoms with Crippen molar-refractivity contribution in [3.63, 3.8) is 0 Å². The smallest absolute Gasteiger partial charge is 0.378 e. The number of hydrogen-bond donors (Lipinski definition) is 2. The minimum absolute atomic E-state index is 0.126. The molecule has 0 amide bonds. The number of halogens is 4. The summed E-state index contributed by atoms with van der Waals surface area (Å²) in [5.74, 6) is -0.446. The minimum Gasteiger partial charge on any atom is -0.378 e. The Bertz CT molecular complexity index is 1150. The van der Waals surface area contributed by atoms with Crippen molar-refractivity contribution >= 4 is 30.2 Å². The Kier molecular flexibility index (Phi) is 9.28. The van der Waals surface area contributed by atoms with E-state index in [-0.39, 0.29) is 11.5 Å². The number of nitrogens with zero attached hydrogens (tertiary/aromatic N) is 5. The number of hydrazone groups is 1. The van der Waals surface area contributed by atoms with E-state index in [2.05, 4.69) is 37.4 Å². The Morgan fingerprint density at radius 3 is 2.64 bits per heavy atom. The molecule has 1 fully saturated rings. The van der Waals surface area contributed by atoms with Gasteiger partial charge in [-0.1, -0.05) is 12.6 Å². The number of alkyl halides is 3. The molecule has 0 saturated carbocycles. The summed E-state index contributed by atoms with van der Waals surface area (Å²) in [5.41, 5.74) is 3.58. The molecule has 1 aromatic carbocycles. The Hall–Kier alpha value is -4.06. The van der Waals surface area contributed by atoms with E-state index in [1.54, 1.807) is 17.0 Å². The van der Waals surface area contributed by atoms with Crippen LogP contribution in [0.25, 0.3) is 5.70 Å². The molecule has 0 unspecified atom stereocenters. The lowest BCUT2D eigenvalue weighted by Crippen LogP contribution is -2.35. The zero-order valence-electron chi connectivity index (χ0n) is 19.5. The van der Waals surface area contributed by atoms with Crippen LogP contribution in [0.3, 0.4) is 0 Å². The molecule has 190 valence electrons. The Labute approximate surface area is 205 Å². The van der Waals surface area contributed by atoms with Crippen LogP contribution in [0.4, 0.5) is 23.2 Å². The lowest BCUT2D eigenvalue weighted by atomic mass is 10.1. The largest absolute Gasteiger partial charge is 0.416 e. The van der Waals surface area contributed by atoms with Crippen molar-refractivity contribution < 1.29 is 22.3 Å². The molecule has 8 nitrogen and oxygen atoms in total. The monoisotopic (exact) mass is 503 g/mol. The molecule has 12 heteroatoms. The van der Waals surface area contributed by atoms with Gasteiger partial charge < -0.3 is 15.0 Å². The molecule has 1 aliphatic heterocycles. The number of hydrogen-bond acceptors (Lipinski definition) is 7. The standard InChI is InChI=1S/C24H25F4N7O/c1-17(34-20-5-3-4-19(12-20)24(26,27)28)18-6-7-21(30-13-18)14-32-33-16-31-23(22(25)15-29-2)35-8-10-36-11-9-35/h3-7,12-16,34H,1,8-11H2,2H3,(H,31,33)/b23-22-,29-15?,32-14+. The molecule has 0 aliphatic carbocycles. The average Bonchev–Trinajstić information content (AvgIpc) is 2.87. The van der Waals surface area contributed by atoms with Crippen LogP contribution in [0.1, 0.15) is 16.8 Å². The highest BCUT2D eigenvalue weighted by atomic mass is 19.4. The van der Waals surface area contributed by atoms with Gasteiger partial charge in [-0.2, -0.15) is 18.3 Å². The van der Waals surface area contributed by atoms with Gasteiger partial charge in [-0.15, -0.1) is 0 Å². The maximum Gasteiger partial charge on any atom is 0.416 e. The minimum atomic E-state index is -4.43. The van der Waals surface area contributed by atoms with Crippen molar-refractivity contribution in [3.05, 3.63) is 77.6 Å². The summed E-state index contributed by atoms with van der Waals surface area (Å²) in [4.78, 5) is 13.8. The number of nitrogens with one attached hydrogen (secondary N) is 2. The van der Waals surface area contributed by atoms with Crippen molar-refractivity contribution in [2.45, 2.75) is 6.18 Å². The van der Waals surface area contributed by atoms with E-state index in [0.717, 1.165) is 18.3 Å². The first kappa shape index (κ1) is 26.5. The second kappa shape index (κ2) is 12.6. The van der Waals surface area contributed by atoms with Gasteiger partial charge in [0.15, 0.2) is 11.6 Å². The summed E-state index contributed by atoms with van der Waals surface area (Å²) in [6.45, 7) is 5.82. The van der Waals surface area contributed by atoms with Crippen LogP contribution in [0.2, 0.25) is 0 Å². The molecule has 2 heterocycles. The highest BCUT2D eigenvalue weighted by Crippen LogP contribution is 2.31. The molecule has 36 heavy (non-hydrogen) atoms. The van der Waals surface area contributed by atoms with Gasteiger partial charge in [0, 0.05) is 43.3 Å². The van der Waals surface area contributed by atoms with Gasteiger partial charge in [0.1, 0.15) is 6.34 Å². The lowest BCUT2D eigenvalue weighted by molar-refractivity contribution is -0.137. The van der Waals surface area contributed by atoms with Gasteiger partial charge in [0.2, 0.25) is 0 Å². The summed E-state index contributed by atoms with van der Waals surface area (Å²) in [5, 5.41) is 6.84. The number of allylic oxidation sites excluding steroid dienone is 1.